The van der Waals surface area contributed by atoms with Crippen LogP contribution in [0.25, 0.3) is 0 Å². The number of hydrogen-bond donors (Lipinski definition) is 1. The summed E-state index contributed by atoms with van der Waals surface area (Å²) in [7, 11) is 0. The Labute approximate surface area is 112 Å². The maximum Gasteiger partial charge on any atom is 0.101 e. The fourth-order valence-electron chi connectivity index (χ4n) is 1.78. The number of rotatable bonds is 3. The Morgan fingerprint density at radius 2 is 2.00 bits per heavy atom. The number of nitrogens with zero attached hydrogens (tertiary/aromatic N) is 1. The van der Waals surface area contributed by atoms with Crippen LogP contribution < -0.4 is 5.32 Å². The molecule has 0 unspecified atom stereocenters. The molecule has 0 aliphatic rings. The Morgan fingerprint density at radius 1 is 1.22 bits per heavy atom. The van der Waals surface area contributed by atoms with Crippen molar-refractivity contribution in [3.8, 4) is 6.07 Å². The number of hydrogen-bond acceptors (Lipinski definition) is 2. The molecule has 90 valence electrons. The lowest BCUT2D eigenvalue weighted by atomic mass is 10.1. The molecule has 0 amide bonds. The third-order valence-corrected chi connectivity index (χ3v) is 3.06. The van der Waals surface area contributed by atoms with E-state index in [-0.39, 0.29) is 0 Å². The summed E-state index contributed by atoms with van der Waals surface area (Å²) in [6.45, 7) is 2.71. The van der Waals surface area contributed by atoms with E-state index in [1.54, 1.807) is 6.07 Å². The van der Waals surface area contributed by atoms with Crippen LogP contribution in [0.4, 0.5) is 5.69 Å². The van der Waals surface area contributed by atoms with Gasteiger partial charge in [-0.3, -0.25) is 0 Å². The van der Waals surface area contributed by atoms with Gasteiger partial charge in [0.25, 0.3) is 0 Å². The van der Waals surface area contributed by atoms with Gasteiger partial charge in [0.15, 0.2) is 0 Å². The lowest BCUT2D eigenvalue weighted by molar-refractivity contribution is 1.12. The lowest BCUT2D eigenvalue weighted by Gasteiger charge is -2.10. The quantitative estimate of drug-likeness (QED) is 0.896. The van der Waals surface area contributed by atoms with Gasteiger partial charge < -0.3 is 5.32 Å². The summed E-state index contributed by atoms with van der Waals surface area (Å²) >= 11 is 5.92. The smallest absolute Gasteiger partial charge is 0.101 e. The Morgan fingerprint density at radius 3 is 2.72 bits per heavy atom. The highest BCUT2D eigenvalue weighted by molar-refractivity contribution is 6.30. The van der Waals surface area contributed by atoms with Gasteiger partial charge in [0.2, 0.25) is 0 Å². The van der Waals surface area contributed by atoms with Gasteiger partial charge in [0.1, 0.15) is 6.07 Å². The van der Waals surface area contributed by atoms with Crippen LogP contribution in [0.15, 0.2) is 42.5 Å². The fraction of sp³-hybridized carbons (Fsp3) is 0.133. The largest absolute Gasteiger partial charge is 0.380 e. The molecule has 2 aromatic carbocycles. The van der Waals surface area contributed by atoms with Gasteiger partial charge in [0, 0.05) is 11.6 Å². The van der Waals surface area contributed by atoms with Gasteiger partial charge in [-0.05, 0) is 42.3 Å². The van der Waals surface area contributed by atoms with Crippen molar-refractivity contribution >= 4 is 17.3 Å². The summed E-state index contributed by atoms with van der Waals surface area (Å²) in [5.74, 6) is 0. The van der Waals surface area contributed by atoms with Crippen LogP contribution in [-0.2, 0) is 6.54 Å². The Kier molecular flexibility index (Phi) is 3.86. The predicted octanol–water partition coefficient (Wildman–Crippen LogP) is 4.13. The van der Waals surface area contributed by atoms with Crippen LogP contribution in [0, 0.1) is 18.3 Å². The van der Waals surface area contributed by atoms with E-state index in [0.717, 1.165) is 16.3 Å². The van der Waals surface area contributed by atoms with E-state index in [4.69, 9.17) is 16.9 Å². The Balaban J connectivity index is 2.14. The first-order valence-electron chi connectivity index (χ1n) is 5.69. The summed E-state index contributed by atoms with van der Waals surface area (Å²) < 4.78 is 0. The number of anilines is 1. The molecule has 0 saturated carbocycles. The monoisotopic (exact) mass is 256 g/mol. The molecule has 2 aromatic rings. The van der Waals surface area contributed by atoms with E-state index in [2.05, 4.69) is 11.4 Å². The summed E-state index contributed by atoms with van der Waals surface area (Å²) in [6.07, 6.45) is 0. The van der Waals surface area contributed by atoms with E-state index in [1.165, 1.54) is 5.56 Å². The average molecular weight is 257 g/mol. The van der Waals surface area contributed by atoms with Gasteiger partial charge in [-0.25, -0.2) is 0 Å². The third kappa shape index (κ3) is 2.82. The minimum atomic E-state index is 0.657. The summed E-state index contributed by atoms with van der Waals surface area (Å²) in [4.78, 5) is 0. The second-order valence-corrected chi connectivity index (χ2v) is 4.52. The molecule has 0 atom stereocenters. The summed E-state index contributed by atoms with van der Waals surface area (Å²) in [5.41, 5.74) is 3.83. The van der Waals surface area contributed by atoms with Crippen molar-refractivity contribution in [2.45, 2.75) is 13.5 Å². The minimum absolute atomic E-state index is 0.657. The van der Waals surface area contributed by atoms with Crippen molar-refractivity contribution in [1.29, 1.82) is 5.26 Å². The average Bonchev–Trinajstić information content (AvgIpc) is 2.38. The second-order valence-electron chi connectivity index (χ2n) is 4.08. The van der Waals surface area contributed by atoms with Gasteiger partial charge in [0.05, 0.1) is 11.3 Å². The second kappa shape index (κ2) is 5.57. The van der Waals surface area contributed by atoms with Crippen LogP contribution in [0.5, 0.6) is 0 Å². The highest BCUT2D eigenvalue weighted by Crippen LogP contribution is 2.18. The van der Waals surface area contributed by atoms with Gasteiger partial charge in [-0.1, -0.05) is 29.8 Å². The van der Waals surface area contributed by atoms with Gasteiger partial charge >= 0.3 is 0 Å². The maximum atomic E-state index is 9.00. The molecule has 2 rings (SSSR count). The topological polar surface area (TPSA) is 35.8 Å². The van der Waals surface area contributed by atoms with E-state index >= 15 is 0 Å². The zero-order valence-corrected chi connectivity index (χ0v) is 10.8. The highest BCUT2D eigenvalue weighted by Gasteiger charge is 2.02. The normalized spacial score (nSPS) is 9.83. The molecule has 0 radical (unpaired) electrons. The Bertz CT molecular complexity index is 600. The highest BCUT2D eigenvalue weighted by atomic mass is 35.5. The maximum absolute atomic E-state index is 9.00. The van der Waals surface area contributed by atoms with Crippen LogP contribution in [0.2, 0.25) is 5.02 Å². The number of aryl methyl sites for hydroxylation is 1. The van der Waals surface area contributed by atoms with Crippen LogP contribution in [0.3, 0.4) is 0 Å². The standard InChI is InChI=1S/C15H13ClN2/c1-11-8-14(16)7-6-13(11)10-18-15-5-3-2-4-12(15)9-17/h2-8,18H,10H2,1H3. The number of nitrogens with one attached hydrogen (secondary N) is 1. The molecular weight excluding hydrogens is 244 g/mol. The van der Waals surface area contributed by atoms with Crippen LogP contribution in [-0.4, -0.2) is 0 Å². The third-order valence-electron chi connectivity index (χ3n) is 2.82. The van der Waals surface area contributed by atoms with Crippen molar-refractivity contribution in [1.82, 2.24) is 0 Å². The number of nitriles is 1. The zero-order valence-electron chi connectivity index (χ0n) is 10.1. The molecule has 18 heavy (non-hydrogen) atoms. The molecule has 1 N–H and O–H groups in total. The Hall–Kier alpha value is -1.98. The lowest BCUT2D eigenvalue weighted by Crippen LogP contribution is -2.02. The van der Waals surface area contributed by atoms with Crippen molar-refractivity contribution in [3.63, 3.8) is 0 Å². The van der Waals surface area contributed by atoms with E-state index in [9.17, 15) is 0 Å². The van der Waals surface area contributed by atoms with E-state index in [1.807, 2.05) is 43.3 Å². The van der Waals surface area contributed by atoms with Gasteiger partial charge in [-0.15, -0.1) is 0 Å². The van der Waals surface area contributed by atoms with Gasteiger partial charge in [-0.2, -0.15) is 5.26 Å². The first kappa shape index (κ1) is 12.5. The van der Waals surface area contributed by atoms with Crippen LogP contribution in [0.1, 0.15) is 16.7 Å². The molecule has 0 saturated heterocycles. The summed E-state index contributed by atoms with van der Waals surface area (Å²) in [6, 6.07) is 15.5. The molecule has 0 aromatic heterocycles. The molecule has 0 aliphatic carbocycles. The van der Waals surface area contributed by atoms with E-state index < -0.39 is 0 Å². The number of benzene rings is 2. The first-order chi connectivity index (χ1) is 8.70. The zero-order chi connectivity index (χ0) is 13.0. The van der Waals surface area contributed by atoms with Crippen molar-refractivity contribution < 1.29 is 0 Å². The first-order valence-corrected chi connectivity index (χ1v) is 6.06. The molecule has 0 aliphatic heterocycles. The van der Waals surface area contributed by atoms with Crippen molar-refractivity contribution in [2.75, 3.05) is 5.32 Å². The minimum Gasteiger partial charge on any atom is -0.380 e. The SMILES string of the molecule is Cc1cc(Cl)ccc1CNc1ccccc1C#N. The van der Waals surface area contributed by atoms with Crippen molar-refractivity contribution in [3.05, 3.63) is 64.2 Å². The predicted molar refractivity (Wildman–Crippen MR) is 74.7 cm³/mol. The number of halogens is 1. The molecular formula is C15H13ClN2. The molecule has 0 bridgehead atoms. The summed E-state index contributed by atoms with van der Waals surface area (Å²) in [5, 5.41) is 13.0. The van der Waals surface area contributed by atoms with Crippen LogP contribution >= 0.6 is 11.6 Å². The molecule has 0 heterocycles. The molecule has 2 nitrogen and oxygen atoms in total. The molecule has 0 fully saturated rings. The molecule has 0 spiro atoms. The molecule has 3 heteroatoms. The van der Waals surface area contributed by atoms with E-state index in [0.29, 0.717) is 12.1 Å². The van der Waals surface area contributed by atoms with Crippen molar-refractivity contribution in [2.24, 2.45) is 0 Å². The number of para-hydroxylation sites is 1. The fourth-order valence-corrected chi connectivity index (χ4v) is 2.01.